The van der Waals surface area contributed by atoms with Gasteiger partial charge in [0, 0.05) is 7.05 Å². The Hall–Kier alpha value is -1.10. The largest absolute Gasteiger partial charge is 0.465 e. The van der Waals surface area contributed by atoms with Crippen LogP contribution in [-0.4, -0.2) is 20.1 Å². The summed E-state index contributed by atoms with van der Waals surface area (Å²) in [6.07, 6.45) is 0. The summed E-state index contributed by atoms with van der Waals surface area (Å²) in [6, 6.07) is 2.95. The summed E-state index contributed by atoms with van der Waals surface area (Å²) in [5.41, 5.74) is 0.307. The lowest BCUT2D eigenvalue weighted by Crippen LogP contribution is -2.07. The van der Waals surface area contributed by atoms with E-state index in [1.807, 2.05) is 0 Å². The number of rotatable bonds is 2. The number of benzene rings is 1. The fourth-order valence-electron chi connectivity index (χ4n) is 1.08. The Morgan fingerprint density at radius 2 is 2.21 bits per heavy atom. The van der Waals surface area contributed by atoms with E-state index in [4.69, 9.17) is 0 Å². The number of hydrogen-bond donors (Lipinski definition) is 1. The second-order valence-electron chi connectivity index (χ2n) is 2.53. The summed E-state index contributed by atoms with van der Waals surface area (Å²) < 4.78 is 18.3. The Balaban J connectivity index is 3.31. The van der Waals surface area contributed by atoms with Crippen LogP contribution in [0.15, 0.2) is 16.6 Å². The van der Waals surface area contributed by atoms with E-state index in [-0.39, 0.29) is 11.3 Å². The van der Waals surface area contributed by atoms with E-state index in [1.165, 1.54) is 26.3 Å². The van der Waals surface area contributed by atoms with Crippen LogP contribution in [0.5, 0.6) is 0 Å². The molecule has 0 saturated carbocycles. The van der Waals surface area contributed by atoms with Crippen LogP contribution in [0, 0.1) is 5.82 Å². The minimum Gasteiger partial charge on any atom is -0.465 e. The van der Waals surface area contributed by atoms with Crippen LogP contribution in [-0.2, 0) is 4.74 Å². The standard InChI is InChI=1S/C9H9BrFNO2/c1-12-8-5(9(13)14-2)3-4-6(10)7(8)11/h3-4,12H,1-2H3. The molecule has 0 aliphatic heterocycles. The van der Waals surface area contributed by atoms with E-state index in [0.29, 0.717) is 4.47 Å². The zero-order valence-electron chi connectivity index (χ0n) is 7.73. The van der Waals surface area contributed by atoms with Gasteiger partial charge in [-0.1, -0.05) is 0 Å². The molecule has 0 spiro atoms. The average molecular weight is 262 g/mol. The first-order valence-corrected chi connectivity index (χ1v) is 4.65. The van der Waals surface area contributed by atoms with Gasteiger partial charge >= 0.3 is 5.97 Å². The van der Waals surface area contributed by atoms with Crippen molar-refractivity contribution in [2.24, 2.45) is 0 Å². The van der Waals surface area contributed by atoms with Crippen molar-refractivity contribution in [3.63, 3.8) is 0 Å². The van der Waals surface area contributed by atoms with Gasteiger partial charge in [0.1, 0.15) is 0 Å². The number of esters is 1. The van der Waals surface area contributed by atoms with Crippen LogP contribution in [0.4, 0.5) is 10.1 Å². The van der Waals surface area contributed by atoms with Crippen molar-refractivity contribution < 1.29 is 13.9 Å². The molecular weight excluding hydrogens is 253 g/mol. The van der Waals surface area contributed by atoms with Crippen molar-refractivity contribution in [3.8, 4) is 0 Å². The maximum atomic E-state index is 13.4. The Labute approximate surface area is 89.4 Å². The van der Waals surface area contributed by atoms with Gasteiger partial charge in [0.2, 0.25) is 0 Å². The summed E-state index contributed by atoms with van der Waals surface area (Å²) in [6.45, 7) is 0. The first kappa shape index (κ1) is 11.0. The Morgan fingerprint density at radius 3 is 2.71 bits per heavy atom. The second kappa shape index (κ2) is 4.41. The zero-order chi connectivity index (χ0) is 10.7. The molecule has 76 valence electrons. The van der Waals surface area contributed by atoms with Crippen LogP contribution in [0.1, 0.15) is 10.4 Å². The molecule has 0 radical (unpaired) electrons. The molecule has 1 rings (SSSR count). The number of hydrogen-bond acceptors (Lipinski definition) is 3. The highest BCUT2D eigenvalue weighted by Gasteiger charge is 2.16. The number of methoxy groups -OCH3 is 1. The van der Waals surface area contributed by atoms with Crippen LogP contribution in [0.2, 0.25) is 0 Å². The third-order valence-corrected chi connectivity index (χ3v) is 2.36. The molecule has 1 aromatic rings. The SMILES string of the molecule is CNc1c(C(=O)OC)ccc(Br)c1F. The number of carbonyl (C=O) groups is 1. The minimum atomic E-state index is -0.569. The van der Waals surface area contributed by atoms with Crippen molar-refractivity contribution in [3.05, 3.63) is 28.0 Å². The summed E-state index contributed by atoms with van der Waals surface area (Å²) in [4.78, 5) is 11.2. The third kappa shape index (κ3) is 1.87. The first-order chi connectivity index (χ1) is 6.61. The Kier molecular flexibility index (Phi) is 3.46. The van der Waals surface area contributed by atoms with Gasteiger partial charge in [-0.3, -0.25) is 0 Å². The monoisotopic (exact) mass is 261 g/mol. The maximum absolute atomic E-state index is 13.4. The van der Waals surface area contributed by atoms with Crippen LogP contribution < -0.4 is 5.32 Å². The van der Waals surface area contributed by atoms with Gasteiger partial charge in [-0.2, -0.15) is 0 Å². The first-order valence-electron chi connectivity index (χ1n) is 3.86. The highest BCUT2D eigenvalue weighted by molar-refractivity contribution is 9.10. The van der Waals surface area contributed by atoms with Crippen LogP contribution in [0.3, 0.4) is 0 Å². The average Bonchev–Trinajstić information content (AvgIpc) is 2.20. The normalized spacial score (nSPS) is 9.71. The van der Waals surface area contributed by atoms with Gasteiger partial charge in [0.25, 0.3) is 0 Å². The van der Waals surface area contributed by atoms with E-state index in [0.717, 1.165) is 0 Å². The number of carbonyl (C=O) groups excluding carboxylic acids is 1. The van der Waals surface area contributed by atoms with Gasteiger partial charge in [-0.15, -0.1) is 0 Å². The smallest absolute Gasteiger partial charge is 0.340 e. The summed E-state index contributed by atoms with van der Waals surface area (Å²) in [7, 11) is 2.79. The Bertz CT molecular complexity index is 368. The summed E-state index contributed by atoms with van der Waals surface area (Å²) in [5, 5.41) is 2.61. The number of halogens is 2. The molecule has 0 aliphatic rings. The molecule has 14 heavy (non-hydrogen) atoms. The lowest BCUT2D eigenvalue weighted by Gasteiger charge is -2.09. The maximum Gasteiger partial charge on any atom is 0.340 e. The number of ether oxygens (including phenoxy) is 1. The van der Waals surface area contributed by atoms with Crippen molar-refractivity contribution in [2.45, 2.75) is 0 Å². The molecule has 0 bridgehead atoms. The molecule has 1 N–H and O–H groups in total. The number of anilines is 1. The van der Waals surface area contributed by atoms with Gasteiger partial charge < -0.3 is 10.1 Å². The number of nitrogens with one attached hydrogen (secondary N) is 1. The quantitative estimate of drug-likeness (QED) is 0.832. The highest BCUT2D eigenvalue weighted by atomic mass is 79.9. The highest BCUT2D eigenvalue weighted by Crippen LogP contribution is 2.26. The van der Waals surface area contributed by atoms with E-state index in [9.17, 15) is 9.18 Å². The zero-order valence-corrected chi connectivity index (χ0v) is 9.31. The third-order valence-electron chi connectivity index (χ3n) is 1.75. The molecule has 3 nitrogen and oxygen atoms in total. The predicted octanol–water partition coefficient (Wildman–Crippen LogP) is 2.42. The van der Waals surface area contributed by atoms with Crippen molar-refractivity contribution in [1.82, 2.24) is 0 Å². The van der Waals surface area contributed by atoms with E-state index in [1.54, 1.807) is 0 Å². The van der Waals surface area contributed by atoms with Crippen molar-refractivity contribution in [2.75, 3.05) is 19.5 Å². The van der Waals surface area contributed by atoms with E-state index >= 15 is 0 Å². The molecule has 0 amide bonds. The molecular formula is C9H9BrFNO2. The van der Waals surface area contributed by atoms with Crippen LogP contribution in [0.25, 0.3) is 0 Å². The molecule has 0 heterocycles. The molecule has 0 fully saturated rings. The molecule has 0 unspecified atom stereocenters. The molecule has 0 aliphatic carbocycles. The summed E-state index contributed by atoms with van der Waals surface area (Å²) in [5.74, 6) is -1.07. The van der Waals surface area contributed by atoms with Gasteiger partial charge in [0.15, 0.2) is 5.82 Å². The van der Waals surface area contributed by atoms with Gasteiger partial charge in [0.05, 0.1) is 22.8 Å². The minimum absolute atomic E-state index is 0.131. The molecule has 0 saturated heterocycles. The predicted molar refractivity (Wildman–Crippen MR) is 55.0 cm³/mol. The molecule has 0 aromatic heterocycles. The second-order valence-corrected chi connectivity index (χ2v) is 3.38. The topological polar surface area (TPSA) is 38.3 Å². The van der Waals surface area contributed by atoms with E-state index in [2.05, 4.69) is 26.0 Å². The van der Waals surface area contributed by atoms with Gasteiger partial charge in [-0.25, -0.2) is 9.18 Å². The fourth-order valence-corrected chi connectivity index (χ4v) is 1.41. The fraction of sp³-hybridized carbons (Fsp3) is 0.222. The summed E-state index contributed by atoms with van der Waals surface area (Å²) >= 11 is 3.02. The van der Waals surface area contributed by atoms with Gasteiger partial charge in [-0.05, 0) is 28.1 Å². The Morgan fingerprint density at radius 1 is 1.57 bits per heavy atom. The van der Waals surface area contributed by atoms with E-state index < -0.39 is 11.8 Å². The molecule has 0 atom stereocenters. The lowest BCUT2D eigenvalue weighted by atomic mass is 10.1. The van der Waals surface area contributed by atoms with Crippen molar-refractivity contribution >= 4 is 27.6 Å². The van der Waals surface area contributed by atoms with Crippen molar-refractivity contribution in [1.29, 1.82) is 0 Å². The lowest BCUT2D eigenvalue weighted by molar-refractivity contribution is 0.0601. The molecule has 5 heteroatoms. The van der Waals surface area contributed by atoms with Crippen LogP contribution >= 0.6 is 15.9 Å². The molecule has 1 aromatic carbocycles.